The highest BCUT2D eigenvalue weighted by Gasteiger charge is 2.22. The van der Waals surface area contributed by atoms with Gasteiger partial charge in [0, 0.05) is 18.1 Å². The molecule has 0 radical (unpaired) electrons. The minimum atomic E-state index is -0.0587. The molecule has 0 aliphatic carbocycles. The number of aromatic nitrogens is 5. The van der Waals surface area contributed by atoms with Crippen LogP contribution in [0.25, 0.3) is 5.69 Å². The smallest absolute Gasteiger partial charge is 0.230 e. The molecule has 7 nitrogen and oxygen atoms in total. The minimum absolute atomic E-state index is 0.0587. The van der Waals surface area contributed by atoms with Crippen molar-refractivity contribution in [2.24, 2.45) is 0 Å². The maximum absolute atomic E-state index is 12.5. The second kappa shape index (κ2) is 8.99. The zero-order chi connectivity index (χ0) is 22.0. The summed E-state index contributed by atoms with van der Waals surface area (Å²) in [6.45, 7) is 7.68. The third-order valence-corrected chi connectivity index (χ3v) is 6.52. The van der Waals surface area contributed by atoms with Gasteiger partial charge in [0.15, 0.2) is 5.13 Å². The Labute approximate surface area is 189 Å². The van der Waals surface area contributed by atoms with Crippen molar-refractivity contribution in [3.8, 4) is 5.69 Å². The van der Waals surface area contributed by atoms with Gasteiger partial charge in [-0.2, -0.15) is 4.68 Å². The van der Waals surface area contributed by atoms with E-state index in [1.54, 1.807) is 16.5 Å². The summed E-state index contributed by atoms with van der Waals surface area (Å²) in [4.78, 5) is 19.0. The molecule has 0 aliphatic rings. The van der Waals surface area contributed by atoms with Gasteiger partial charge in [-0.1, -0.05) is 47.7 Å². The lowest BCUT2D eigenvalue weighted by atomic mass is 10.0. The number of carbonyl (C=O) groups excluding carboxylic acids is 1. The van der Waals surface area contributed by atoms with Crippen LogP contribution in [0, 0.1) is 20.8 Å². The molecule has 0 saturated carbocycles. The molecule has 0 saturated heterocycles. The van der Waals surface area contributed by atoms with Gasteiger partial charge in [-0.3, -0.25) is 9.69 Å². The van der Waals surface area contributed by atoms with Crippen LogP contribution in [0.1, 0.15) is 29.3 Å². The number of hydrogen-bond donors (Lipinski definition) is 0. The minimum Gasteiger partial charge on any atom is -0.274 e. The SMILES string of the molecule is CC(=O)N(c1nc(CSc2nnnn2-c2ccccc2)cs1)c1c(C)cc(C)cc1C. The maximum Gasteiger partial charge on any atom is 0.230 e. The third kappa shape index (κ3) is 4.52. The molecule has 0 bridgehead atoms. The van der Waals surface area contributed by atoms with Crippen LogP contribution in [0.3, 0.4) is 0 Å². The summed E-state index contributed by atoms with van der Waals surface area (Å²) in [6.07, 6.45) is 0. The summed E-state index contributed by atoms with van der Waals surface area (Å²) in [6, 6.07) is 13.9. The average molecular weight is 451 g/mol. The van der Waals surface area contributed by atoms with Crippen molar-refractivity contribution in [3.63, 3.8) is 0 Å². The van der Waals surface area contributed by atoms with Crippen molar-refractivity contribution < 1.29 is 4.79 Å². The van der Waals surface area contributed by atoms with Gasteiger partial charge in [-0.15, -0.1) is 16.4 Å². The van der Waals surface area contributed by atoms with Gasteiger partial charge in [0.25, 0.3) is 0 Å². The molecule has 4 rings (SSSR count). The molecule has 0 spiro atoms. The van der Waals surface area contributed by atoms with Crippen molar-refractivity contribution in [1.29, 1.82) is 0 Å². The second-order valence-corrected chi connectivity index (χ2v) is 9.00. The Kier molecular flexibility index (Phi) is 6.15. The Morgan fingerprint density at radius 3 is 2.52 bits per heavy atom. The molecule has 0 unspecified atom stereocenters. The molecule has 0 atom stereocenters. The molecule has 158 valence electrons. The fourth-order valence-electron chi connectivity index (χ4n) is 3.52. The zero-order valence-corrected chi connectivity index (χ0v) is 19.4. The summed E-state index contributed by atoms with van der Waals surface area (Å²) in [5.74, 6) is 0.540. The number of thiazole rings is 1. The predicted octanol–water partition coefficient (Wildman–Crippen LogP) is 5.02. The number of amides is 1. The summed E-state index contributed by atoms with van der Waals surface area (Å²) >= 11 is 2.97. The van der Waals surface area contributed by atoms with Crippen molar-refractivity contribution in [3.05, 3.63) is 70.2 Å². The average Bonchev–Trinajstić information content (AvgIpc) is 3.38. The van der Waals surface area contributed by atoms with Gasteiger partial charge >= 0.3 is 0 Å². The highest BCUT2D eigenvalue weighted by molar-refractivity contribution is 7.98. The molecule has 2 aromatic carbocycles. The van der Waals surface area contributed by atoms with Crippen LogP contribution in [0.2, 0.25) is 0 Å². The Hall–Kier alpha value is -3.04. The number of nitrogens with zero attached hydrogens (tertiary/aromatic N) is 6. The van der Waals surface area contributed by atoms with Crippen molar-refractivity contribution >= 4 is 39.8 Å². The first-order valence-electron chi connectivity index (χ1n) is 9.73. The predicted molar refractivity (Wildman–Crippen MR) is 124 cm³/mol. The second-order valence-electron chi connectivity index (χ2n) is 7.22. The Bertz CT molecular complexity index is 1190. The molecule has 31 heavy (non-hydrogen) atoms. The van der Waals surface area contributed by atoms with Crippen LogP contribution >= 0.6 is 23.1 Å². The van der Waals surface area contributed by atoms with Crippen LogP contribution in [0.5, 0.6) is 0 Å². The first kappa shape index (κ1) is 21.2. The number of thioether (sulfide) groups is 1. The van der Waals surface area contributed by atoms with Gasteiger partial charge in [-0.05, 0) is 54.5 Å². The van der Waals surface area contributed by atoms with E-state index < -0.39 is 0 Å². The number of benzene rings is 2. The van der Waals surface area contributed by atoms with Gasteiger partial charge in [0.1, 0.15) is 0 Å². The van der Waals surface area contributed by atoms with E-state index in [4.69, 9.17) is 4.98 Å². The molecule has 1 amide bonds. The quantitative estimate of drug-likeness (QED) is 0.384. The largest absolute Gasteiger partial charge is 0.274 e. The van der Waals surface area contributed by atoms with Gasteiger partial charge in [0.2, 0.25) is 11.1 Å². The van der Waals surface area contributed by atoms with Gasteiger partial charge < -0.3 is 0 Å². The molecular weight excluding hydrogens is 428 g/mol. The lowest BCUT2D eigenvalue weighted by molar-refractivity contribution is -0.115. The lowest BCUT2D eigenvalue weighted by Crippen LogP contribution is -2.24. The van der Waals surface area contributed by atoms with Gasteiger partial charge in [0.05, 0.1) is 17.1 Å². The van der Waals surface area contributed by atoms with Crippen LogP contribution in [0.4, 0.5) is 10.8 Å². The topological polar surface area (TPSA) is 76.8 Å². The molecule has 2 aromatic heterocycles. The van der Waals surface area contributed by atoms with E-state index >= 15 is 0 Å². The maximum atomic E-state index is 12.5. The highest BCUT2D eigenvalue weighted by Crippen LogP contribution is 2.35. The van der Waals surface area contributed by atoms with E-state index in [1.165, 1.54) is 28.7 Å². The monoisotopic (exact) mass is 450 g/mol. The van der Waals surface area contributed by atoms with Crippen LogP contribution in [0.15, 0.2) is 53.0 Å². The summed E-state index contributed by atoms with van der Waals surface area (Å²) in [5.41, 5.74) is 5.97. The molecule has 4 aromatic rings. The summed E-state index contributed by atoms with van der Waals surface area (Å²) in [5, 5.41) is 15.4. The van der Waals surface area contributed by atoms with Crippen LogP contribution in [-0.2, 0) is 10.5 Å². The Morgan fingerprint density at radius 2 is 1.84 bits per heavy atom. The molecule has 2 heterocycles. The number of carbonyl (C=O) groups is 1. The van der Waals surface area contributed by atoms with E-state index in [2.05, 4.69) is 34.6 Å². The van der Waals surface area contributed by atoms with Crippen LogP contribution < -0.4 is 4.90 Å². The van der Waals surface area contributed by atoms with Crippen molar-refractivity contribution in [2.75, 3.05) is 4.90 Å². The molecule has 0 N–H and O–H groups in total. The summed E-state index contributed by atoms with van der Waals surface area (Å²) in [7, 11) is 0. The standard InChI is InChI=1S/C22H22N6OS2/c1-14-10-15(2)20(16(3)11-14)27(17(4)29)21-23-18(12-30-21)13-31-22-24-25-26-28(22)19-8-6-5-7-9-19/h5-12H,13H2,1-4H3. The lowest BCUT2D eigenvalue weighted by Gasteiger charge is -2.23. The number of tetrazole rings is 1. The fraction of sp³-hybridized carbons (Fsp3) is 0.227. The first-order chi connectivity index (χ1) is 14.9. The molecule has 9 heteroatoms. The van der Waals surface area contributed by atoms with E-state index in [0.717, 1.165) is 28.2 Å². The fourth-order valence-corrected chi connectivity index (χ4v) is 5.28. The Balaban J connectivity index is 1.56. The van der Waals surface area contributed by atoms with E-state index in [1.807, 2.05) is 49.6 Å². The number of hydrogen-bond acceptors (Lipinski definition) is 7. The first-order valence-corrected chi connectivity index (χ1v) is 11.6. The molecular formula is C22H22N6OS2. The number of aryl methyl sites for hydroxylation is 3. The third-order valence-electron chi connectivity index (χ3n) is 4.70. The van der Waals surface area contributed by atoms with E-state index in [-0.39, 0.29) is 5.91 Å². The Morgan fingerprint density at radius 1 is 1.13 bits per heavy atom. The van der Waals surface area contributed by atoms with Crippen molar-refractivity contribution in [1.82, 2.24) is 25.2 Å². The number of para-hydroxylation sites is 1. The summed E-state index contributed by atoms with van der Waals surface area (Å²) < 4.78 is 1.71. The van der Waals surface area contributed by atoms with E-state index in [9.17, 15) is 4.79 Å². The van der Waals surface area contributed by atoms with E-state index in [0.29, 0.717) is 16.0 Å². The highest BCUT2D eigenvalue weighted by atomic mass is 32.2. The normalized spacial score (nSPS) is 11.0. The van der Waals surface area contributed by atoms with Crippen molar-refractivity contribution in [2.45, 2.75) is 38.6 Å². The van der Waals surface area contributed by atoms with Gasteiger partial charge in [-0.25, -0.2) is 4.98 Å². The number of anilines is 2. The molecule has 0 fully saturated rings. The number of rotatable bonds is 6. The molecule has 0 aliphatic heterocycles. The van der Waals surface area contributed by atoms with Crippen LogP contribution in [-0.4, -0.2) is 31.1 Å². The zero-order valence-electron chi connectivity index (χ0n) is 17.7.